The highest BCUT2D eigenvalue weighted by Gasteiger charge is 2.33. The Kier molecular flexibility index (Phi) is 5.24. The fourth-order valence-corrected chi connectivity index (χ4v) is 4.64. The summed E-state index contributed by atoms with van der Waals surface area (Å²) in [7, 11) is -2.41. The monoisotopic (exact) mass is 334 g/mol. The van der Waals surface area contributed by atoms with Gasteiger partial charge < -0.3 is 4.90 Å². The van der Waals surface area contributed by atoms with E-state index in [1.807, 2.05) is 0 Å². The lowest BCUT2D eigenvalue weighted by Gasteiger charge is -2.35. The topological polar surface area (TPSA) is 40.6 Å². The number of likely N-dealkylation sites (tertiary alicyclic amines) is 1. The SMILES string of the molecule is CCN1CCC(N(C)S(=O)(=O)c2c(F)cccc2Cl)CC1. The molecule has 1 fully saturated rings. The maximum atomic E-state index is 13.9. The van der Waals surface area contributed by atoms with Crippen molar-refractivity contribution >= 4 is 21.6 Å². The number of halogens is 2. The summed E-state index contributed by atoms with van der Waals surface area (Å²) in [5.74, 6) is -0.805. The Morgan fingerprint density at radius 2 is 2.00 bits per heavy atom. The first-order chi connectivity index (χ1) is 9.87. The molecular formula is C14H20ClFN2O2S. The molecule has 1 aromatic carbocycles. The number of rotatable bonds is 4. The van der Waals surface area contributed by atoms with Crippen molar-refractivity contribution in [2.24, 2.45) is 0 Å². The number of nitrogens with zero attached hydrogens (tertiary/aromatic N) is 2. The van der Waals surface area contributed by atoms with Crippen molar-refractivity contribution in [3.8, 4) is 0 Å². The molecule has 0 radical (unpaired) electrons. The second-order valence-corrected chi connectivity index (χ2v) is 7.58. The largest absolute Gasteiger partial charge is 0.303 e. The maximum absolute atomic E-state index is 13.9. The van der Waals surface area contributed by atoms with Crippen molar-refractivity contribution in [3.63, 3.8) is 0 Å². The third-order valence-electron chi connectivity index (χ3n) is 4.07. The maximum Gasteiger partial charge on any atom is 0.247 e. The molecule has 0 bridgehead atoms. The fraction of sp³-hybridized carbons (Fsp3) is 0.571. The number of piperidine rings is 1. The van der Waals surface area contributed by atoms with Crippen LogP contribution in [0.5, 0.6) is 0 Å². The van der Waals surface area contributed by atoms with E-state index in [9.17, 15) is 12.8 Å². The van der Waals surface area contributed by atoms with Gasteiger partial charge in [0.05, 0.1) is 5.02 Å². The van der Waals surface area contributed by atoms with Crippen LogP contribution in [0.15, 0.2) is 23.1 Å². The van der Waals surface area contributed by atoms with Gasteiger partial charge in [0.1, 0.15) is 10.7 Å². The first-order valence-electron chi connectivity index (χ1n) is 7.02. The van der Waals surface area contributed by atoms with Crippen molar-refractivity contribution in [2.45, 2.75) is 30.7 Å². The Morgan fingerprint density at radius 3 is 2.52 bits per heavy atom. The van der Waals surface area contributed by atoms with Crippen molar-refractivity contribution < 1.29 is 12.8 Å². The van der Waals surface area contributed by atoms with E-state index in [4.69, 9.17) is 11.6 Å². The summed E-state index contributed by atoms with van der Waals surface area (Å²) in [4.78, 5) is 1.85. The Bertz CT molecular complexity index is 581. The molecule has 4 nitrogen and oxygen atoms in total. The molecule has 0 aliphatic carbocycles. The summed E-state index contributed by atoms with van der Waals surface area (Å²) >= 11 is 5.89. The van der Waals surface area contributed by atoms with Gasteiger partial charge in [0.25, 0.3) is 0 Å². The Labute approximate surface area is 130 Å². The van der Waals surface area contributed by atoms with Gasteiger partial charge in [-0.3, -0.25) is 0 Å². The minimum Gasteiger partial charge on any atom is -0.303 e. The van der Waals surface area contributed by atoms with Gasteiger partial charge in [0.2, 0.25) is 10.0 Å². The normalized spacial score (nSPS) is 18.3. The van der Waals surface area contributed by atoms with Crippen LogP contribution in [-0.4, -0.2) is 50.3 Å². The second kappa shape index (κ2) is 6.60. The third-order valence-corrected chi connectivity index (χ3v) is 6.49. The minimum absolute atomic E-state index is 0.0761. The quantitative estimate of drug-likeness (QED) is 0.849. The van der Waals surface area contributed by atoms with E-state index in [2.05, 4.69) is 11.8 Å². The molecule has 0 aromatic heterocycles. The van der Waals surface area contributed by atoms with Crippen molar-refractivity contribution in [3.05, 3.63) is 29.0 Å². The van der Waals surface area contributed by atoms with Gasteiger partial charge in [-0.15, -0.1) is 0 Å². The van der Waals surface area contributed by atoms with Crippen LogP contribution in [0, 0.1) is 5.82 Å². The molecule has 0 amide bonds. The first-order valence-corrected chi connectivity index (χ1v) is 8.84. The molecule has 1 aliphatic rings. The summed E-state index contributed by atoms with van der Waals surface area (Å²) in [5.41, 5.74) is 0. The van der Waals surface area contributed by atoms with Crippen LogP contribution in [0.1, 0.15) is 19.8 Å². The van der Waals surface area contributed by atoms with Crippen LogP contribution in [0.3, 0.4) is 0 Å². The van der Waals surface area contributed by atoms with Gasteiger partial charge in [-0.25, -0.2) is 12.8 Å². The first kappa shape index (κ1) is 16.7. The molecule has 0 saturated carbocycles. The van der Waals surface area contributed by atoms with Crippen LogP contribution < -0.4 is 0 Å². The fourth-order valence-electron chi connectivity index (χ4n) is 2.67. The zero-order valence-corrected chi connectivity index (χ0v) is 13.8. The predicted molar refractivity (Wildman–Crippen MR) is 81.5 cm³/mol. The molecule has 0 spiro atoms. The van der Waals surface area contributed by atoms with E-state index >= 15 is 0 Å². The molecule has 1 aromatic rings. The smallest absolute Gasteiger partial charge is 0.247 e. The van der Waals surface area contributed by atoms with Gasteiger partial charge in [0, 0.05) is 13.1 Å². The molecule has 0 unspecified atom stereocenters. The van der Waals surface area contributed by atoms with Crippen LogP contribution in [0.2, 0.25) is 5.02 Å². The van der Waals surface area contributed by atoms with Crippen LogP contribution in [0.25, 0.3) is 0 Å². The lowest BCUT2D eigenvalue weighted by Crippen LogP contribution is -2.45. The van der Waals surface area contributed by atoms with Gasteiger partial charge >= 0.3 is 0 Å². The van der Waals surface area contributed by atoms with Crippen LogP contribution in [0.4, 0.5) is 4.39 Å². The molecule has 1 saturated heterocycles. The Hall–Kier alpha value is -0.690. The lowest BCUT2D eigenvalue weighted by atomic mass is 10.1. The van der Waals surface area contributed by atoms with Gasteiger partial charge in [-0.05, 0) is 44.6 Å². The van der Waals surface area contributed by atoms with E-state index < -0.39 is 20.7 Å². The second-order valence-electron chi connectivity index (χ2n) is 5.24. The molecular weight excluding hydrogens is 315 g/mol. The van der Waals surface area contributed by atoms with Crippen molar-refractivity contribution in [1.29, 1.82) is 0 Å². The molecule has 21 heavy (non-hydrogen) atoms. The molecule has 118 valence electrons. The summed E-state index contributed by atoms with van der Waals surface area (Å²) in [6.45, 7) is 4.75. The Balaban J connectivity index is 2.24. The Morgan fingerprint density at radius 1 is 1.38 bits per heavy atom. The highest BCUT2D eigenvalue weighted by atomic mass is 35.5. The van der Waals surface area contributed by atoms with Gasteiger partial charge in [-0.1, -0.05) is 24.6 Å². The summed E-state index contributed by atoms with van der Waals surface area (Å²) in [6.07, 6.45) is 1.49. The lowest BCUT2D eigenvalue weighted by molar-refractivity contribution is 0.176. The number of hydrogen-bond donors (Lipinski definition) is 0. The standard InChI is InChI=1S/C14H20ClFN2O2S/c1-3-18-9-7-11(8-10-18)17(2)21(19,20)14-12(15)5-4-6-13(14)16/h4-6,11H,3,7-10H2,1-2H3. The van der Waals surface area contributed by atoms with Gasteiger partial charge in [0.15, 0.2) is 0 Å². The number of sulfonamides is 1. The average molecular weight is 335 g/mol. The molecule has 2 rings (SSSR count). The molecule has 0 atom stereocenters. The van der Waals surface area contributed by atoms with E-state index in [0.717, 1.165) is 38.5 Å². The van der Waals surface area contributed by atoms with Crippen molar-refractivity contribution in [2.75, 3.05) is 26.7 Å². The van der Waals surface area contributed by atoms with E-state index in [0.29, 0.717) is 0 Å². The van der Waals surface area contributed by atoms with Crippen molar-refractivity contribution in [1.82, 2.24) is 9.21 Å². The highest BCUT2D eigenvalue weighted by Crippen LogP contribution is 2.29. The zero-order valence-electron chi connectivity index (χ0n) is 12.2. The minimum atomic E-state index is -3.92. The van der Waals surface area contributed by atoms with Gasteiger partial charge in [-0.2, -0.15) is 4.31 Å². The van der Waals surface area contributed by atoms with E-state index in [1.165, 1.54) is 23.5 Å². The molecule has 0 N–H and O–H groups in total. The summed E-state index contributed by atoms with van der Waals surface area (Å²) in [5, 5.41) is -0.0761. The highest BCUT2D eigenvalue weighted by molar-refractivity contribution is 7.89. The molecule has 1 heterocycles. The predicted octanol–water partition coefficient (Wildman–Crippen LogP) is 2.58. The average Bonchev–Trinajstić information content (AvgIpc) is 2.46. The van der Waals surface area contributed by atoms with Crippen LogP contribution >= 0.6 is 11.6 Å². The molecule has 7 heteroatoms. The molecule has 1 aliphatic heterocycles. The number of hydrogen-bond acceptors (Lipinski definition) is 3. The summed E-state index contributed by atoms with van der Waals surface area (Å²) in [6, 6.07) is 3.79. The zero-order chi connectivity index (χ0) is 15.6. The number of benzene rings is 1. The van der Waals surface area contributed by atoms with Crippen LogP contribution in [-0.2, 0) is 10.0 Å². The third kappa shape index (κ3) is 3.39. The summed E-state index contributed by atoms with van der Waals surface area (Å²) < 4.78 is 40.4. The van der Waals surface area contributed by atoms with E-state index in [-0.39, 0.29) is 11.1 Å². The van der Waals surface area contributed by atoms with E-state index in [1.54, 1.807) is 0 Å².